The third-order valence-electron chi connectivity index (χ3n) is 2.57. The number of hydrogen-bond acceptors (Lipinski definition) is 1. The minimum atomic E-state index is -0.308. The van der Waals surface area contributed by atoms with Crippen molar-refractivity contribution in [2.45, 2.75) is 18.7 Å². The number of aryl methyl sites for hydroxylation is 1. The highest BCUT2D eigenvalue weighted by Gasteiger charge is 2.18. The summed E-state index contributed by atoms with van der Waals surface area (Å²) in [5.74, 6) is -0.308. The van der Waals surface area contributed by atoms with Crippen molar-refractivity contribution in [1.82, 2.24) is 0 Å². The highest BCUT2D eigenvalue weighted by atomic mass is 79.9. The monoisotopic (exact) mass is 366 g/mol. The van der Waals surface area contributed by atoms with E-state index in [2.05, 4.69) is 15.9 Å². The van der Waals surface area contributed by atoms with Gasteiger partial charge in [-0.15, -0.1) is 22.9 Å². The summed E-state index contributed by atoms with van der Waals surface area (Å²) in [6.45, 7) is 2.01. The molecule has 0 saturated carbocycles. The highest BCUT2D eigenvalue weighted by molar-refractivity contribution is 9.10. The van der Waals surface area contributed by atoms with E-state index in [1.807, 2.05) is 13.0 Å². The van der Waals surface area contributed by atoms with Crippen LogP contribution in [-0.2, 0) is 6.42 Å². The summed E-state index contributed by atoms with van der Waals surface area (Å²) < 4.78 is 14.7. The van der Waals surface area contributed by atoms with Gasteiger partial charge in [-0.2, -0.15) is 0 Å². The first-order valence-corrected chi connectivity index (χ1v) is 7.74. The molecule has 0 fully saturated rings. The van der Waals surface area contributed by atoms with Crippen LogP contribution in [0.4, 0.5) is 4.39 Å². The van der Waals surface area contributed by atoms with Crippen LogP contribution in [0.5, 0.6) is 0 Å². The summed E-state index contributed by atoms with van der Waals surface area (Å²) in [5, 5.41) is 0.137. The van der Waals surface area contributed by atoms with Gasteiger partial charge in [0.1, 0.15) is 5.82 Å². The second-order valence-corrected chi connectivity index (χ2v) is 7.02. The summed E-state index contributed by atoms with van der Waals surface area (Å²) in [4.78, 5) is 2.18. The van der Waals surface area contributed by atoms with Gasteiger partial charge < -0.3 is 0 Å². The molecule has 0 N–H and O–H groups in total. The minimum absolute atomic E-state index is 0.285. The van der Waals surface area contributed by atoms with E-state index in [0.717, 1.165) is 9.35 Å². The predicted octanol–water partition coefficient (Wildman–Crippen LogP) is 6.13. The molecule has 1 aromatic heterocycles. The van der Waals surface area contributed by atoms with Crippen LogP contribution in [0.25, 0.3) is 0 Å². The lowest BCUT2D eigenvalue weighted by Gasteiger charge is -2.10. The van der Waals surface area contributed by atoms with Crippen LogP contribution in [-0.4, -0.2) is 0 Å². The molecule has 0 saturated heterocycles. The van der Waals surface area contributed by atoms with Crippen LogP contribution < -0.4 is 0 Å². The molecule has 0 aliphatic carbocycles. The second-order valence-electron chi connectivity index (χ2n) is 3.94. The summed E-state index contributed by atoms with van der Waals surface area (Å²) >= 11 is 17.4. The molecule has 96 valence electrons. The van der Waals surface area contributed by atoms with E-state index in [9.17, 15) is 4.39 Å². The fourth-order valence-corrected chi connectivity index (χ4v) is 4.40. The Morgan fingerprint density at radius 1 is 1.44 bits per heavy atom. The Balaban J connectivity index is 2.26. The lowest BCUT2D eigenvalue weighted by molar-refractivity contribution is 0.608. The van der Waals surface area contributed by atoms with Crippen molar-refractivity contribution in [3.8, 4) is 0 Å². The summed E-state index contributed by atoms with van der Waals surface area (Å²) in [6.07, 6.45) is 0.381. The first-order chi connectivity index (χ1) is 8.49. The Labute approximate surface area is 128 Å². The van der Waals surface area contributed by atoms with Crippen LogP contribution >= 0.6 is 50.5 Å². The summed E-state index contributed by atoms with van der Waals surface area (Å²) in [6, 6.07) is 6.69. The lowest BCUT2D eigenvalue weighted by atomic mass is 10.1. The molecule has 0 amide bonds. The van der Waals surface area contributed by atoms with E-state index in [1.54, 1.807) is 23.5 Å². The molecule has 1 unspecified atom stereocenters. The average Bonchev–Trinajstić information content (AvgIpc) is 2.63. The molecule has 2 rings (SSSR count). The van der Waals surface area contributed by atoms with E-state index in [-0.39, 0.29) is 11.2 Å². The minimum Gasteiger partial charge on any atom is -0.207 e. The molecule has 0 nitrogen and oxygen atoms in total. The Hall–Kier alpha value is -0.0900. The topological polar surface area (TPSA) is 0 Å². The standard InChI is InChI=1S/C13H10BrCl2FS/c1-7-5-9(14)13(18-7)11(16)6-8-10(15)3-2-4-12(8)17/h2-5,11H,6H2,1H3. The number of hydrogen-bond donors (Lipinski definition) is 0. The molecule has 1 aromatic carbocycles. The maximum Gasteiger partial charge on any atom is 0.127 e. The number of benzene rings is 1. The number of thiophene rings is 1. The Bertz CT molecular complexity index is 548. The van der Waals surface area contributed by atoms with Crippen LogP contribution in [0.2, 0.25) is 5.02 Å². The predicted molar refractivity (Wildman–Crippen MR) is 80.5 cm³/mol. The smallest absolute Gasteiger partial charge is 0.127 e. The zero-order valence-corrected chi connectivity index (χ0v) is 13.4. The van der Waals surface area contributed by atoms with Crippen LogP contribution in [0, 0.1) is 12.7 Å². The van der Waals surface area contributed by atoms with Gasteiger partial charge in [-0.3, -0.25) is 0 Å². The van der Waals surface area contributed by atoms with Crippen molar-refractivity contribution in [3.63, 3.8) is 0 Å². The van der Waals surface area contributed by atoms with E-state index in [1.165, 1.54) is 10.9 Å². The van der Waals surface area contributed by atoms with Gasteiger partial charge in [0.15, 0.2) is 0 Å². The van der Waals surface area contributed by atoms with E-state index >= 15 is 0 Å². The van der Waals surface area contributed by atoms with Gasteiger partial charge in [0.25, 0.3) is 0 Å². The van der Waals surface area contributed by atoms with E-state index in [0.29, 0.717) is 17.0 Å². The van der Waals surface area contributed by atoms with Crippen molar-refractivity contribution < 1.29 is 4.39 Å². The molecule has 2 aromatic rings. The Kier molecular flexibility index (Phi) is 4.70. The first kappa shape index (κ1) is 14.3. The van der Waals surface area contributed by atoms with Crippen molar-refractivity contribution >= 4 is 50.5 Å². The second kappa shape index (κ2) is 5.91. The van der Waals surface area contributed by atoms with Crippen molar-refractivity contribution in [1.29, 1.82) is 0 Å². The van der Waals surface area contributed by atoms with E-state index in [4.69, 9.17) is 23.2 Å². The molecule has 0 bridgehead atoms. The van der Waals surface area contributed by atoms with Crippen LogP contribution in [0.15, 0.2) is 28.7 Å². The normalized spacial score (nSPS) is 12.7. The van der Waals surface area contributed by atoms with Gasteiger partial charge in [0.05, 0.1) is 5.38 Å². The fraction of sp³-hybridized carbons (Fsp3) is 0.231. The average molecular weight is 368 g/mol. The Morgan fingerprint density at radius 3 is 2.72 bits per heavy atom. The zero-order chi connectivity index (χ0) is 13.3. The SMILES string of the molecule is Cc1cc(Br)c(C(Cl)Cc2c(F)cccc2Cl)s1. The molecular weight excluding hydrogens is 358 g/mol. The lowest BCUT2D eigenvalue weighted by Crippen LogP contribution is -1.98. The largest absolute Gasteiger partial charge is 0.207 e. The molecule has 1 heterocycles. The van der Waals surface area contributed by atoms with Crippen molar-refractivity contribution in [2.24, 2.45) is 0 Å². The maximum absolute atomic E-state index is 13.7. The fourth-order valence-electron chi connectivity index (χ4n) is 1.71. The zero-order valence-electron chi connectivity index (χ0n) is 9.51. The van der Waals surface area contributed by atoms with Gasteiger partial charge >= 0.3 is 0 Å². The molecule has 18 heavy (non-hydrogen) atoms. The van der Waals surface area contributed by atoms with E-state index < -0.39 is 0 Å². The third kappa shape index (κ3) is 3.08. The van der Waals surface area contributed by atoms with Crippen LogP contribution in [0.3, 0.4) is 0 Å². The number of alkyl halides is 1. The van der Waals surface area contributed by atoms with Gasteiger partial charge in [-0.05, 0) is 47.5 Å². The molecule has 0 aliphatic heterocycles. The molecule has 0 spiro atoms. The molecule has 0 radical (unpaired) electrons. The third-order valence-corrected chi connectivity index (χ3v) is 5.50. The quantitative estimate of drug-likeness (QED) is 0.572. The van der Waals surface area contributed by atoms with Crippen LogP contribution in [0.1, 0.15) is 20.7 Å². The van der Waals surface area contributed by atoms with Gasteiger partial charge in [-0.1, -0.05) is 17.7 Å². The van der Waals surface area contributed by atoms with Gasteiger partial charge in [0, 0.05) is 24.8 Å². The van der Waals surface area contributed by atoms with Crippen molar-refractivity contribution in [2.75, 3.05) is 0 Å². The summed E-state index contributed by atoms with van der Waals surface area (Å²) in [5.41, 5.74) is 0.470. The first-order valence-electron chi connectivity index (χ1n) is 5.32. The Morgan fingerprint density at radius 2 is 2.17 bits per heavy atom. The van der Waals surface area contributed by atoms with Gasteiger partial charge in [0.2, 0.25) is 0 Å². The maximum atomic E-state index is 13.7. The number of halogens is 4. The summed E-state index contributed by atoms with van der Waals surface area (Å²) in [7, 11) is 0. The molecular formula is C13H10BrCl2FS. The number of rotatable bonds is 3. The molecule has 5 heteroatoms. The van der Waals surface area contributed by atoms with Gasteiger partial charge in [-0.25, -0.2) is 4.39 Å². The van der Waals surface area contributed by atoms with Crippen molar-refractivity contribution in [3.05, 3.63) is 54.9 Å². The molecule has 0 aliphatic rings. The highest BCUT2D eigenvalue weighted by Crippen LogP contribution is 2.38. The molecule has 1 atom stereocenters.